The molecule has 0 unspecified atom stereocenters. The van der Waals surface area contributed by atoms with Crippen molar-refractivity contribution in [2.45, 2.75) is 13.3 Å². The number of fused-ring (bicyclic) bond motifs is 1. The van der Waals surface area contributed by atoms with E-state index in [9.17, 15) is 9.59 Å². The predicted molar refractivity (Wildman–Crippen MR) is 84.2 cm³/mol. The molecule has 0 aliphatic rings. The van der Waals surface area contributed by atoms with E-state index >= 15 is 0 Å². The van der Waals surface area contributed by atoms with Crippen LogP contribution in [0.1, 0.15) is 22.3 Å². The van der Waals surface area contributed by atoms with Crippen LogP contribution < -0.4 is 0 Å². The molecular formula is C16H14N2O3S. The van der Waals surface area contributed by atoms with Crippen LogP contribution in [0.15, 0.2) is 36.5 Å². The van der Waals surface area contributed by atoms with Crippen molar-refractivity contribution in [3.8, 4) is 11.3 Å². The molecule has 5 nitrogen and oxygen atoms in total. The molecule has 0 aliphatic heterocycles. The predicted octanol–water partition coefficient (Wildman–Crippen LogP) is 2.98. The van der Waals surface area contributed by atoms with Gasteiger partial charge >= 0.3 is 5.97 Å². The van der Waals surface area contributed by atoms with Crippen molar-refractivity contribution in [2.75, 3.05) is 6.61 Å². The third-order valence-electron chi connectivity index (χ3n) is 3.19. The number of thiazole rings is 1. The SMILES string of the molecule is CCOC(=O)Cc1cn2c(C=O)c(-c3ccccc3)nc2s1. The number of nitrogens with zero attached hydrogens (tertiary/aromatic N) is 2. The first-order valence-electron chi connectivity index (χ1n) is 6.90. The maximum atomic E-state index is 11.5. The van der Waals surface area contributed by atoms with Crippen molar-refractivity contribution in [1.82, 2.24) is 9.38 Å². The minimum absolute atomic E-state index is 0.195. The van der Waals surface area contributed by atoms with Gasteiger partial charge in [-0.2, -0.15) is 0 Å². The number of hydrogen-bond donors (Lipinski definition) is 0. The third kappa shape index (κ3) is 2.65. The summed E-state index contributed by atoms with van der Waals surface area (Å²) in [6.45, 7) is 2.13. The summed E-state index contributed by atoms with van der Waals surface area (Å²) in [6, 6.07) is 9.56. The summed E-state index contributed by atoms with van der Waals surface area (Å²) < 4.78 is 6.67. The summed E-state index contributed by atoms with van der Waals surface area (Å²) in [5.74, 6) is -0.275. The quantitative estimate of drug-likeness (QED) is 0.536. The van der Waals surface area contributed by atoms with E-state index in [0.29, 0.717) is 23.0 Å². The van der Waals surface area contributed by atoms with E-state index in [2.05, 4.69) is 4.98 Å². The average molecular weight is 314 g/mol. The second-order valence-electron chi connectivity index (χ2n) is 4.66. The Kier molecular flexibility index (Phi) is 4.02. The highest BCUT2D eigenvalue weighted by atomic mass is 32.1. The van der Waals surface area contributed by atoms with Crippen LogP contribution in [0, 0.1) is 0 Å². The first-order valence-corrected chi connectivity index (χ1v) is 7.71. The third-order valence-corrected chi connectivity index (χ3v) is 4.18. The minimum Gasteiger partial charge on any atom is -0.466 e. The van der Waals surface area contributed by atoms with E-state index < -0.39 is 0 Å². The number of carbonyl (C=O) groups is 2. The molecule has 0 radical (unpaired) electrons. The molecule has 0 aliphatic carbocycles. The lowest BCUT2D eigenvalue weighted by Gasteiger charge is -1.99. The van der Waals surface area contributed by atoms with Gasteiger partial charge in [0.2, 0.25) is 0 Å². The van der Waals surface area contributed by atoms with E-state index in [-0.39, 0.29) is 12.4 Å². The molecule has 0 bridgehead atoms. The van der Waals surface area contributed by atoms with Gasteiger partial charge in [0.1, 0.15) is 11.4 Å². The number of esters is 1. The molecule has 0 atom stereocenters. The monoisotopic (exact) mass is 314 g/mol. The molecule has 0 spiro atoms. The Bertz CT molecular complexity index is 821. The first kappa shape index (κ1) is 14.5. The molecule has 0 saturated carbocycles. The number of aromatic nitrogens is 2. The molecule has 112 valence electrons. The van der Waals surface area contributed by atoms with Crippen LogP contribution in [0.4, 0.5) is 0 Å². The fourth-order valence-corrected chi connectivity index (χ4v) is 3.23. The highest BCUT2D eigenvalue weighted by Gasteiger charge is 2.17. The normalized spacial score (nSPS) is 10.8. The zero-order valence-corrected chi connectivity index (χ0v) is 12.8. The molecule has 1 aromatic carbocycles. The number of ether oxygens (including phenoxy) is 1. The lowest BCUT2D eigenvalue weighted by molar-refractivity contribution is -0.142. The summed E-state index contributed by atoms with van der Waals surface area (Å²) in [4.78, 5) is 29.0. The molecule has 3 rings (SSSR count). The Labute approximate surface area is 131 Å². The van der Waals surface area contributed by atoms with E-state index in [4.69, 9.17) is 4.74 Å². The Morgan fingerprint density at radius 1 is 1.36 bits per heavy atom. The van der Waals surface area contributed by atoms with Gasteiger partial charge in [0.25, 0.3) is 0 Å². The summed E-state index contributed by atoms with van der Waals surface area (Å²) in [7, 11) is 0. The highest BCUT2D eigenvalue weighted by molar-refractivity contribution is 7.17. The number of imidazole rings is 1. The molecule has 0 fully saturated rings. The van der Waals surface area contributed by atoms with Gasteiger partial charge in [0, 0.05) is 16.6 Å². The Morgan fingerprint density at radius 3 is 2.82 bits per heavy atom. The summed E-state index contributed by atoms with van der Waals surface area (Å²) in [5.41, 5.74) is 2.05. The summed E-state index contributed by atoms with van der Waals surface area (Å²) in [5, 5.41) is 0. The molecule has 2 aromatic heterocycles. The van der Waals surface area contributed by atoms with Crippen molar-refractivity contribution in [1.29, 1.82) is 0 Å². The van der Waals surface area contributed by atoms with Gasteiger partial charge in [-0.1, -0.05) is 30.3 Å². The second kappa shape index (κ2) is 6.11. The van der Waals surface area contributed by atoms with Crippen molar-refractivity contribution in [3.63, 3.8) is 0 Å². The van der Waals surface area contributed by atoms with E-state index in [1.807, 2.05) is 30.3 Å². The van der Waals surface area contributed by atoms with Crippen molar-refractivity contribution < 1.29 is 14.3 Å². The number of rotatable bonds is 5. The van der Waals surface area contributed by atoms with E-state index in [0.717, 1.165) is 16.7 Å². The fourth-order valence-electron chi connectivity index (χ4n) is 2.27. The number of carbonyl (C=O) groups excluding carboxylic acids is 2. The van der Waals surface area contributed by atoms with E-state index in [1.54, 1.807) is 17.5 Å². The maximum Gasteiger partial charge on any atom is 0.311 e. The van der Waals surface area contributed by atoms with Crippen LogP contribution in [0.5, 0.6) is 0 Å². The average Bonchev–Trinajstić information content (AvgIpc) is 3.05. The van der Waals surface area contributed by atoms with E-state index in [1.165, 1.54) is 11.3 Å². The molecule has 3 aromatic rings. The van der Waals surface area contributed by atoms with Crippen LogP contribution in [-0.4, -0.2) is 28.2 Å². The Morgan fingerprint density at radius 2 is 2.14 bits per heavy atom. The van der Waals surface area contributed by atoms with Crippen molar-refractivity contribution in [3.05, 3.63) is 47.1 Å². The first-order chi connectivity index (χ1) is 10.7. The van der Waals surface area contributed by atoms with Crippen LogP contribution in [0.2, 0.25) is 0 Å². The Balaban J connectivity index is 1.99. The van der Waals surface area contributed by atoms with Crippen molar-refractivity contribution >= 4 is 28.6 Å². The lowest BCUT2D eigenvalue weighted by Crippen LogP contribution is -2.06. The molecular weight excluding hydrogens is 300 g/mol. The summed E-state index contributed by atoms with van der Waals surface area (Å²) >= 11 is 1.39. The molecule has 0 N–H and O–H groups in total. The standard InChI is InChI=1S/C16H14N2O3S/c1-2-21-14(20)8-12-9-18-13(10-19)15(17-16(18)22-12)11-6-4-3-5-7-11/h3-7,9-10H,2,8H2,1H3. The van der Waals surface area contributed by atoms with Crippen LogP contribution in [0.3, 0.4) is 0 Å². The smallest absolute Gasteiger partial charge is 0.311 e. The zero-order valence-electron chi connectivity index (χ0n) is 12.0. The van der Waals surface area contributed by atoms with Gasteiger partial charge < -0.3 is 4.74 Å². The van der Waals surface area contributed by atoms with Gasteiger partial charge in [0.05, 0.1) is 13.0 Å². The van der Waals surface area contributed by atoms with Gasteiger partial charge in [-0.05, 0) is 6.92 Å². The molecule has 22 heavy (non-hydrogen) atoms. The van der Waals surface area contributed by atoms with Crippen molar-refractivity contribution in [2.24, 2.45) is 0 Å². The summed E-state index contributed by atoms with van der Waals surface area (Å²) in [6.07, 6.45) is 2.77. The van der Waals surface area contributed by atoms with Crippen LogP contribution in [-0.2, 0) is 16.0 Å². The van der Waals surface area contributed by atoms with Gasteiger partial charge in [-0.15, -0.1) is 11.3 Å². The zero-order chi connectivity index (χ0) is 15.5. The van der Waals surface area contributed by atoms with Crippen LogP contribution in [0.25, 0.3) is 16.2 Å². The molecule has 0 amide bonds. The number of benzene rings is 1. The fraction of sp³-hybridized carbons (Fsp3) is 0.188. The van der Waals surface area contributed by atoms with Gasteiger partial charge in [-0.25, -0.2) is 4.98 Å². The van der Waals surface area contributed by atoms with Gasteiger partial charge in [0.15, 0.2) is 11.2 Å². The number of aldehydes is 1. The molecule has 6 heteroatoms. The number of hydrogen-bond acceptors (Lipinski definition) is 5. The topological polar surface area (TPSA) is 60.7 Å². The van der Waals surface area contributed by atoms with Gasteiger partial charge in [-0.3, -0.25) is 14.0 Å². The van der Waals surface area contributed by atoms with Crippen LogP contribution >= 0.6 is 11.3 Å². The highest BCUT2D eigenvalue weighted by Crippen LogP contribution is 2.27. The maximum absolute atomic E-state index is 11.5. The minimum atomic E-state index is -0.275. The second-order valence-corrected chi connectivity index (χ2v) is 5.76. The molecule has 0 saturated heterocycles. The Hall–Kier alpha value is -2.47. The molecule has 2 heterocycles. The largest absolute Gasteiger partial charge is 0.466 e. The lowest BCUT2D eigenvalue weighted by atomic mass is 10.1.